The fourth-order valence-electron chi connectivity index (χ4n) is 2.18. The summed E-state index contributed by atoms with van der Waals surface area (Å²) in [7, 11) is 0. The van der Waals surface area contributed by atoms with Crippen molar-refractivity contribution in [3.63, 3.8) is 0 Å². The second-order valence-corrected chi connectivity index (χ2v) is 4.77. The Morgan fingerprint density at radius 3 is 2.77 bits per heavy atom. The number of benzene rings is 2. The summed E-state index contributed by atoms with van der Waals surface area (Å²) in [6, 6.07) is 13.3. The van der Waals surface area contributed by atoms with Gasteiger partial charge in [0.15, 0.2) is 0 Å². The molecule has 0 aliphatic rings. The second-order valence-electron chi connectivity index (χ2n) is 4.77. The summed E-state index contributed by atoms with van der Waals surface area (Å²) in [6.07, 6.45) is 2.77. The van der Waals surface area contributed by atoms with Crippen LogP contribution in [0.2, 0.25) is 0 Å². The number of nitrogens with one attached hydrogen (secondary N) is 1. The molecule has 3 aromatic rings. The number of rotatable bonds is 3. The van der Waals surface area contributed by atoms with Crippen molar-refractivity contribution >= 4 is 28.4 Å². The maximum absolute atomic E-state index is 11.4. The summed E-state index contributed by atoms with van der Waals surface area (Å²) in [5, 5.41) is 2.74. The lowest BCUT2D eigenvalue weighted by atomic mass is 10.0. The SMILES string of the molecule is C=CC(=O)Nc1cccc(-c2ccc3ncc(N)nc3c2)c1. The molecule has 108 valence electrons. The average Bonchev–Trinajstić information content (AvgIpc) is 2.54. The number of anilines is 2. The Morgan fingerprint density at radius 2 is 1.95 bits per heavy atom. The molecule has 0 radical (unpaired) electrons. The Hall–Kier alpha value is -3.21. The van der Waals surface area contributed by atoms with Crippen LogP contribution in [0.4, 0.5) is 11.5 Å². The number of nitrogens with two attached hydrogens (primary N) is 1. The number of amides is 1. The molecule has 0 saturated carbocycles. The molecule has 5 nitrogen and oxygen atoms in total. The highest BCUT2D eigenvalue weighted by Gasteiger charge is 2.04. The van der Waals surface area contributed by atoms with Crippen molar-refractivity contribution in [3.05, 3.63) is 61.3 Å². The molecule has 1 aromatic heterocycles. The van der Waals surface area contributed by atoms with Crippen molar-refractivity contribution in [2.45, 2.75) is 0 Å². The number of fused-ring (bicyclic) bond motifs is 1. The van der Waals surface area contributed by atoms with Crippen LogP contribution in [-0.4, -0.2) is 15.9 Å². The van der Waals surface area contributed by atoms with Gasteiger partial charge in [-0.1, -0.05) is 24.8 Å². The standard InChI is InChI=1S/C17H14N4O/c1-2-17(22)20-13-5-3-4-11(8-13)12-6-7-14-15(9-12)21-16(18)10-19-14/h2-10H,1H2,(H2,18,21)(H,20,22). The first-order chi connectivity index (χ1) is 10.7. The topological polar surface area (TPSA) is 80.9 Å². The first-order valence-corrected chi connectivity index (χ1v) is 6.72. The average molecular weight is 290 g/mol. The van der Waals surface area contributed by atoms with Crippen LogP contribution < -0.4 is 11.1 Å². The Balaban J connectivity index is 2.01. The van der Waals surface area contributed by atoms with Crippen molar-refractivity contribution in [1.82, 2.24) is 9.97 Å². The van der Waals surface area contributed by atoms with Gasteiger partial charge in [0.1, 0.15) is 5.82 Å². The van der Waals surface area contributed by atoms with Gasteiger partial charge in [-0.3, -0.25) is 9.78 Å². The molecule has 1 heterocycles. The molecule has 1 amide bonds. The largest absolute Gasteiger partial charge is 0.382 e. The third-order valence-corrected chi connectivity index (χ3v) is 3.21. The molecule has 22 heavy (non-hydrogen) atoms. The van der Waals surface area contributed by atoms with E-state index in [-0.39, 0.29) is 5.91 Å². The Kier molecular flexibility index (Phi) is 3.53. The highest BCUT2D eigenvalue weighted by Crippen LogP contribution is 2.25. The molecule has 5 heteroatoms. The monoisotopic (exact) mass is 290 g/mol. The highest BCUT2D eigenvalue weighted by atomic mass is 16.1. The Bertz CT molecular complexity index is 873. The van der Waals surface area contributed by atoms with Crippen LogP contribution in [-0.2, 0) is 4.79 Å². The molecule has 0 bridgehead atoms. The quantitative estimate of drug-likeness (QED) is 0.727. The molecular weight excluding hydrogens is 276 g/mol. The molecule has 3 N–H and O–H groups in total. The van der Waals surface area contributed by atoms with E-state index in [4.69, 9.17) is 5.73 Å². The number of aromatic nitrogens is 2. The van der Waals surface area contributed by atoms with Gasteiger partial charge in [-0.25, -0.2) is 4.98 Å². The molecule has 2 aromatic carbocycles. The van der Waals surface area contributed by atoms with Crippen LogP contribution >= 0.6 is 0 Å². The van der Waals surface area contributed by atoms with Crippen LogP contribution in [0.3, 0.4) is 0 Å². The third-order valence-electron chi connectivity index (χ3n) is 3.21. The normalized spacial score (nSPS) is 10.4. The van der Waals surface area contributed by atoms with Gasteiger partial charge in [-0.15, -0.1) is 0 Å². The van der Waals surface area contributed by atoms with E-state index in [9.17, 15) is 4.79 Å². The summed E-state index contributed by atoms with van der Waals surface area (Å²) in [4.78, 5) is 19.9. The lowest BCUT2D eigenvalue weighted by Gasteiger charge is -2.07. The minimum atomic E-state index is -0.241. The van der Waals surface area contributed by atoms with E-state index in [1.807, 2.05) is 42.5 Å². The van der Waals surface area contributed by atoms with E-state index >= 15 is 0 Å². The summed E-state index contributed by atoms with van der Waals surface area (Å²) in [5.74, 6) is 0.144. The fraction of sp³-hybridized carbons (Fsp3) is 0. The van der Waals surface area contributed by atoms with Gasteiger partial charge in [0.2, 0.25) is 5.91 Å². The van der Waals surface area contributed by atoms with Crippen LogP contribution in [0.1, 0.15) is 0 Å². The number of carbonyl (C=O) groups excluding carboxylic acids is 1. The van der Waals surface area contributed by atoms with Crippen molar-refractivity contribution in [2.24, 2.45) is 0 Å². The Morgan fingerprint density at radius 1 is 1.14 bits per heavy atom. The molecule has 0 unspecified atom stereocenters. The number of nitrogens with zero attached hydrogens (tertiary/aromatic N) is 2. The van der Waals surface area contributed by atoms with Gasteiger partial charge in [-0.2, -0.15) is 0 Å². The first kappa shape index (κ1) is 13.8. The number of carbonyl (C=O) groups is 1. The lowest BCUT2D eigenvalue weighted by molar-refractivity contribution is -0.111. The lowest BCUT2D eigenvalue weighted by Crippen LogP contribution is -2.06. The van der Waals surface area contributed by atoms with Crippen molar-refractivity contribution in [3.8, 4) is 11.1 Å². The van der Waals surface area contributed by atoms with Gasteiger partial charge in [0, 0.05) is 5.69 Å². The van der Waals surface area contributed by atoms with Gasteiger partial charge < -0.3 is 11.1 Å². The van der Waals surface area contributed by atoms with Crippen molar-refractivity contribution in [2.75, 3.05) is 11.1 Å². The smallest absolute Gasteiger partial charge is 0.247 e. The Labute approximate surface area is 127 Å². The molecule has 0 atom stereocenters. The maximum Gasteiger partial charge on any atom is 0.247 e. The highest BCUT2D eigenvalue weighted by molar-refractivity contribution is 5.99. The van der Waals surface area contributed by atoms with Gasteiger partial charge >= 0.3 is 0 Å². The molecule has 3 rings (SSSR count). The predicted molar refractivity (Wildman–Crippen MR) is 88.2 cm³/mol. The molecule has 0 fully saturated rings. The van der Waals surface area contributed by atoms with E-state index < -0.39 is 0 Å². The van der Waals surface area contributed by atoms with Crippen LogP contribution in [0.25, 0.3) is 22.2 Å². The molecule has 0 spiro atoms. The first-order valence-electron chi connectivity index (χ1n) is 6.72. The van der Waals surface area contributed by atoms with Crippen molar-refractivity contribution < 1.29 is 4.79 Å². The zero-order valence-electron chi connectivity index (χ0n) is 11.8. The van der Waals surface area contributed by atoms with Crippen LogP contribution in [0, 0.1) is 0 Å². The second kappa shape index (κ2) is 5.65. The van der Waals surface area contributed by atoms with Gasteiger partial charge in [-0.05, 0) is 41.5 Å². The van der Waals surface area contributed by atoms with E-state index in [0.29, 0.717) is 11.5 Å². The van der Waals surface area contributed by atoms with E-state index in [2.05, 4.69) is 21.9 Å². The zero-order chi connectivity index (χ0) is 15.5. The number of hydrogen-bond acceptors (Lipinski definition) is 4. The maximum atomic E-state index is 11.4. The van der Waals surface area contributed by atoms with Crippen molar-refractivity contribution in [1.29, 1.82) is 0 Å². The third kappa shape index (κ3) is 2.78. The predicted octanol–water partition coefficient (Wildman–Crippen LogP) is 3.00. The summed E-state index contributed by atoms with van der Waals surface area (Å²) in [6.45, 7) is 3.44. The summed E-state index contributed by atoms with van der Waals surface area (Å²) >= 11 is 0. The summed E-state index contributed by atoms with van der Waals surface area (Å²) in [5.41, 5.74) is 9.85. The molecule has 0 aliphatic carbocycles. The molecule has 0 saturated heterocycles. The minimum absolute atomic E-state index is 0.241. The van der Waals surface area contributed by atoms with E-state index in [1.165, 1.54) is 12.3 Å². The van der Waals surface area contributed by atoms with E-state index in [0.717, 1.165) is 22.2 Å². The number of hydrogen-bond donors (Lipinski definition) is 2. The number of nitrogen functional groups attached to an aromatic ring is 1. The van der Waals surface area contributed by atoms with Crippen LogP contribution in [0.15, 0.2) is 61.3 Å². The molecular formula is C17H14N4O. The minimum Gasteiger partial charge on any atom is -0.382 e. The van der Waals surface area contributed by atoms with Gasteiger partial charge in [0.25, 0.3) is 0 Å². The summed E-state index contributed by atoms with van der Waals surface area (Å²) < 4.78 is 0. The van der Waals surface area contributed by atoms with Gasteiger partial charge in [0.05, 0.1) is 17.2 Å². The van der Waals surface area contributed by atoms with Crippen LogP contribution in [0.5, 0.6) is 0 Å². The zero-order valence-corrected chi connectivity index (χ0v) is 11.8. The molecule has 0 aliphatic heterocycles. The van der Waals surface area contributed by atoms with E-state index in [1.54, 1.807) is 0 Å². The fourth-order valence-corrected chi connectivity index (χ4v) is 2.18.